The summed E-state index contributed by atoms with van der Waals surface area (Å²) >= 11 is 0. The van der Waals surface area contributed by atoms with Crippen molar-refractivity contribution in [2.24, 2.45) is 0 Å². The van der Waals surface area contributed by atoms with E-state index in [-0.39, 0.29) is 19.2 Å². The third-order valence-electron chi connectivity index (χ3n) is 1.89. The molecule has 0 aliphatic rings. The highest BCUT2D eigenvalue weighted by Gasteiger charge is 2.08. The number of urea groups is 1. The zero-order valence-electron chi connectivity index (χ0n) is 8.90. The Morgan fingerprint density at radius 1 is 1.27 bits per heavy atom. The fourth-order valence-corrected chi connectivity index (χ4v) is 1.03. The third-order valence-corrected chi connectivity index (χ3v) is 1.89. The zero-order chi connectivity index (χ0) is 11.7. The normalized spacial score (nSPS) is 9.73. The molecule has 0 aliphatic carbocycles. The van der Waals surface area contributed by atoms with Crippen LogP contribution < -0.4 is 5.32 Å². The molecule has 88 valence electrons. The molecule has 0 saturated heterocycles. The van der Waals surface area contributed by atoms with Crippen LogP contribution in [0.4, 0.5) is 4.79 Å². The van der Waals surface area contributed by atoms with Gasteiger partial charge in [0, 0.05) is 20.2 Å². The average molecular weight is 218 g/mol. The number of aliphatic hydroxyl groups excluding tert-OH is 1. The van der Waals surface area contributed by atoms with E-state index in [2.05, 4.69) is 5.32 Å². The van der Waals surface area contributed by atoms with Crippen molar-refractivity contribution in [1.29, 1.82) is 0 Å². The second-order valence-electron chi connectivity index (χ2n) is 3.26. The largest absolute Gasteiger partial charge is 0.480 e. The van der Waals surface area contributed by atoms with Crippen LogP contribution >= 0.6 is 0 Å². The number of carboxylic acids is 1. The highest BCUT2D eigenvalue weighted by atomic mass is 16.4. The van der Waals surface area contributed by atoms with E-state index < -0.39 is 5.97 Å². The van der Waals surface area contributed by atoms with Crippen molar-refractivity contribution in [2.75, 3.05) is 26.7 Å². The molecule has 0 aromatic rings. The van der Waals surface area contributed by atoms with Crippen molar-refractivity contribution < 1.29 is 19.8 Å². The molecule has 0 bridgehead atoms. The Morgan fingerprint density at radius 2 is 1.93 bits per heavy atom. The Morgan fingerprint density at radius 3 is 2.47 bits per heavy atom. The van der Waals surface area contributed by atoms with E-state index >= 15 is 0 Å². The molecule has 0 atom stereocenters. The molecule has 0 aromatic carbocycles. The highest BCUT2D eigenvalue weighted by Crippen LogP contribution is 1.96. The van der Waals surface area contributed by atoms with Crippen LogP contribution in [0.5, 0.6) is 0 Å². The first kappa shape index (κ1) is 13.7. The van der Waals surface area contributed by atoms with Gasteiger partial charge in [-0.1, -0.05) is 0 Å². The summed E-state index contributed by atoms with van der Waals surface area (Å²) in [6.45, 7) is 0.361. The van der Waals surface area contributed by atoms with Gasteiger partial charge in [0.15, 0.2) is 0 Å². The lowest BCUT2D eigenvalue weighted by Gasteiger charge is -2.16. The zero-order valence-corrected chi connectivity index (χ0v) is 8.90. The molecule has 2 amide bonds. The van der Waals surface area contributed by atoms with Crippen LogP contribution in [0.3, 0.4) is 0 Å². The summed E-state index contributed by atoms with van der Waals surface area (Å²) in [7, 11) is 1.61. The van der Waals surface area contributed by atoms with Crippen molar-refractivity contribution in [3.63, 3.8) is 0 Å². The van der Waals surface area contributed by atoms with Crippen LogP contribution in [-0.4, -0.2) is 53.9 Å². The van der Waals surface area contributed by atoms with Crippen molar-refractivity contribution in [1.82, 2.24) is 10.2 Å². The fourth-order valence-electron chi connectivity index (χ4n) is 1.03. The van der Waals surface area contributed by atoms with E-state index in [4.69, 9.17) is 10.2 Å². The lowest BCUT2D eigenvalue weighted by Crippen LogP contribution is -2.40. The number of hydrogen-bond acceptors (Lipinski definition) is 3. The maximum absolute atomic E-state index is 11.2. The van der Waals surface area contributed by atoms with Gasteiger partial charge in [0.05, 0.1) is 0 Å². The van der Waals surface area contributed by atoms with Crippen molar-refractivity contribution >= 4 is 12.0 Å². The predicted molar refractivity (Wildman–Crippen MR) is 54.6 cm³/mol. The highest BCUT2D eigenvalue weighted by molar-refractivity contribution is 5.79. The lowest BCUT2D eigenvalue weighted by molar-refractivity contribution is -0.135. The molecule has 0 radical (unpaired) electrons. The SMILES string of the molecule is CN(CCCCCO)C(=O)NCC(=O)O. The quantitative estimate of drug-likeness (QED) is 0.519. The van der Waals surface area contributed by atoms with Crippen molar-refractivity contribution in [2.45, 2.75) is 19.3 Å². The summed E-state index contributed by atoms with van der Waals surface area (Å²) in [4.78, 5) is 22.8. The predicted octanol–water partition coefficient (Wildman–Crippen LogP) is -0.125. The Bertz CT molecular complexity index is 208. The number of nitrogens with one attached hydrogen (secondary N) is 1. The van der Waals surface area contributed by atoms with Crippen molar-refractivity contribution in [3.8, 4) is 0 Å². The minimum atomic E-state index is -1.06. The smallest absolute Gasteiger partial charge is 0.323 e. The number of carbonyl (C=O) groups excluding carboxylic acids is 1. The van der Waals surface area contributed by atoms with Crippen LogP contribution in [0, 0.1) is 0 Å². The molecule has 0 fully saturated rings. The number of hydrogen-bond donors (Lipinski definition) is 3. The maximum atomic E-state index is 11.2. The Labute approximate surface area is 88.9 Å². The molecule has 0 heterocycles. The molecule has 0 saturated carbocycles. The van der Waals surface area contributed by atoms with E-state index in [1.54, 1.807) is 7.05 Å². The number of aliphatic carboxylic acids is 1. The third kappa shape index (κ3) is 7.75. The first-order chi connectivity index (χ1) is 7.07. The first-order valence-electron chi connectivity index (χ1n) is 4.89. The summed E-state index contributed by atoms with van der Waals surface area (Å²) in [5.74, 6) is -1.06. The maximum Gasteiger partial charge on any atom is 0.323 e. The second-order valence-corrected chi connectivity index (χ2v) is 3.26. The average Bonchev–Trinajstić information content (AvgIpc) is 2.20. The minimum absolute atomic E-state index is 0.162. The molecular formula is C9H18N2O4. The lowest BCUT2D eigenvalue weighted by atomic mass is 10.2. The summed E-state index contributed by atoms with van der Waals surface area (Å²) in [5.41, 5.74) is 0. The summed E-state index contributed by atoms with van der Waals surface area (Å²) in [6, 6.07) is -0.388. The van der Waals surface area contributed by atoms with E-state index in [1.165, 1.54) is 4.90 Å². The van der Waals surface area contributed by atoms with Crippen LogP contribution in [0.15, 0.2) is 0 Å². The molecule has 6 nitrogen and oxygen atoms in total. The van der Waals surface area contributed by atoms with Gasteiger partial charge in [0.2, 0.25) is 0 Å². The van der Waals surface area contributed by atoms with Crippen LogP contribution in [0.2, 0.25) is 0 Å². The molecule has 15 heavy (non-hydrogen) atoms. The van der Waals surface area contributed by atoms with E-state index in [0.717, 1.165) is 19.3 Å². The number of rotatable bonds is 7. The second kappa shape index (κ2) is 8.05. The fraction of sp³-hybridized carbons (Fsp3) is 0.778. The van der Waals surface area contributed by atoms with Crippen LogP contribution in [-0.2, 0) is 4.79 Å². The topological polar surface area (TPSA) is 89.9 Å². The molecule has 6 heteroatoms. The molecule has 0 spiro atoms. The number of amides is 2. The summed E-state index contributed by atoms with van der Waals surface area (Å²) in [6.07, 6.45) is 2.38. The molecule has 0 unspecified atom stereocenters. The number of nitrogens with zero attached hydrogens (tertiary/aromatic N) is 1. The molecule has 3 N–H and O–H groups in total. The number of carboxylic acid groups (broad SMARTS) is 1. The first-order valence-corrected chi connectivity index (χ1v) is 4.89. The number of carbonyl (C=O) groups is 2. The van der Waals surface area contributed by atoms with Gasteiger partial charge in [0.1, 0.15) is 6.54 Å². The van der Waals surface area contributed by atoms with Gasteiger partial charge in [0.25, 0.3) is 0 Å². The standard InChI is InChI=1S/C9H18N2O4/c1-11(5-3-2-4-6-12)9(15)10-7-8(13)14/h12H,2-7H2,1H3,(H,10,15)(H,13,14). The van der Waals surface area contributed by atoms with E-state index in [0.29, 0.717) is 6.54 Å². The Kier molecular flexibility index (Phi) is 7.35. The molecular weight excluding hydrogens is 200 g/mol. The summed E-state index contributed by atoms with van der Waals surface area (Å²) in [5, 5.41) is 19.1. The van der Waals surface area contributed by atoms with Gasteiger partial charge in [-0.25, -0.2) is 4.79 Å². The number of aliphatic hydroxyl groups is 1. The van der Waals surface area contributed by atoms with Gasteiger partial charge in [-0.05, 0) is 19.3 Å². The van der Waals surface area contributed by atoms with Gasteiger partial charge < -0.3 is 20.4 Å². The van der Waals surface area contributed by atoms with Gasteiger partial charge in [-0.15, -0.1) is 0 Å². The molecule has 0 aliphatic heterocycles. The monoisotopic (exact) mass is 218 g/mol. The van der Waals surface area contributed by atoms with Crippen LogP contribution in [0.25, 0.3) is 0 Å². The minimum Gasteiger partial charge on any atom is -0.480 e. The van der Waals surface area contributed by atoms with Gasteiger partial charge in [-0.3, -0.25) is 4.79 Å². The molecule has 0 rings (SSSR count). The van der Waals surface area contributed by atoms with Crippen LogP contribution in [0.1, 0.15) is 19.3 Å². The van der Waals surface area contributed by atoms with E-state index in [9.17, 15) is 9.59 Å². The van der Waals surface area contributed by atoms with Crippen molar-refractivity contribution in [3.05, 3.63) is 0 Å². The Balaban J connectivity index is 3.55. The molecule has 0 aromatic heterocycles. The number of unbranched alkanes of at least 4 members (excludes halogenated alkanes) is 2. The van der Waals surface area contributed by atoms with E-state index in [1.807, 2.05) is 0 Å². The Hall–Kier alpha value is -1.30. The van der Waals surface area contributed by atoms with Gasteiger partial charge >= 0.3 is 12.0 Å². The summed E-state index contributed by atoms with van der Waals surface area (Å²) < 4.78 is 0. The van der Waals surface area contributed by atoms with Gasteiger partial charge in [-0.2, -0.15) is 0 Å².